The van der Waals surface area contributed by atoms with Crippen LogP contribution in [0.3, 0.4) is 0 Å². The van der Waals surface area contributed by atoms with Crippen molar-refractivity contribution in [1.82, 2.24) is 0 Å². The fourth-order valence-electron chi connectivity index (χ4n) is 1.74. The first-order valence-corrected chi connectivity index (χ1v) is 15.1. The molecule has 0 heterocycles. The third kappa shape index (κ3) is 22.7. The Kier molecular flexibility index (Phi) is 19.4. The summed E-state index contributed by atoms with van der Waals surface area (Å²) in [6, 6.07) is 0. The van der Waals surface area contributed by atoms with Crippen LogP contribution in [0.5, 0.6) is 0 Å². The Balaban J connectivity index is -0.000000350. The number of rotatable bonds is 12. The van der Waals surface area contributed by atoms with Crippen molar-refractivity contribution in [2.24, 2.45) is 0 Å². The summed E-state index contributed by atoms with van der Waals surface area (Å²) in [7, 11) is 0. The SMILES string of the molecule is CC(O)(CC(=O)[O-])C(=O)[O-].CC(O)(CC(=O)[O-])C(=O)[O-].CCC[CH2][SnH2+4][CH2]CCC. The van der Waals surface area contributed by atoms with Gasteiger partial charge in [0.25, 0.3) is 0 Å². The second-order valence-electron chi connectivity index (χ2n) is 6.99. The summed E-state index contributed by atoms with van der Waals surface area (Å²) in [5.41, 5.74) is -4.67. The molecule has 2 N–H and O–H groups in total. The Hall–Kier alpha value is -1.40. The van der Waals surface area contributed by atoms with Crippen molar-refractivity contribution < 1.29 is 49.8 Å². The van der Waals surface area contributed by atoms with Gasteiger partial charge < -0.3 is 49.8 Å². The molecule has 0 spiro atoms. The van der Waals surface area contributed by atoms with Crippen LogP contribution in [-0.2, 0) is 19.2 Å². The van der Waals surface area contributed by atoms with Crippen LogP contribution in [0.25, 0.3) is 0 Å². The van der Waals surface area contributed by atoms with E-state index in [0.717, 1.165) is 13.8 Å². The van der Waals surface area contributed by atoms with E-state index in [1.54, 1.807) is 8.87 Å². The van der Waals surface area contributed by atoms with E-state index >= 15 is 0 Å². The number of carbonyl (C=O) groups is 4. The van der Waals surface area contributed by atoms with E-state index in [4.69, 9.17) is 10.2 Å². The van der Waals surface area contributed by atoms with Gasteiger partial charge >= 0.3 is 69.5 Å². The first-order chi connectivity index (χ1) is 13.1. The molecular weight excluding hydrogens is 495 g/mol. The molecule has 0 fully saturated rings. The average molecular weight is 527 g/mol. The molecule has 29 heavy (non-hydrogen) atoms. The van der Waals surface area contributed by atoms with Crippen molar-refractivity contribution in [3.8, 4) is 0 Å². The van der Waals surface area contributed by atoms with Gasteiger partial charge in [-0.3, -0.25) is 0 Å². The summed E-state index contributed by atoms with van der Waals surface area (Å²) in [5.74, 6) is -6.91. The van der Waals surface area contributed by atoms with Crippen LogP contribution in [-0.4, -0.2) is 66.4 Å². The molecule has 2 unspecified atom stereocenters. The van der Waals surface area contributed by atoms with Gasteiger partial charge in [-0.15, -0.1) is 0 Å². The number of aliphatic carboxylic acids is 4. The first-order valence-electron chi connectivity index (χ1n) is 9.41. The Morgan fingerprint density at radius 1 is 0.724 bits per heavy atom. The second kappa shape index (κ2) is 17.5. The van der Waals surface area contributed by atoms with Crippen molar-refractivity contribution in [3.63, 3.8) is 0 Å². The third-order valence-electron chi connectivity index (χ3n) is 3.56. The topological polar surface area (TPSA) is 201 Å². The molecular formula is C18H32O10Sn. The monoisotopic (exact) mass is 528 g/mol. The van der Waals surface area contributed by atoms with Crippen LogP contribution in [0.4, 0.5) is 0 Å². The van der Waals surface area contributed by atoms with E-state index in [1.807, 2.05) is 0 Å². The van der Waals surface area contributed by atoms with Gasteiger partial charge in [-0.1, -0.05) is 0 Å². The van der Waals surface area contributed by atoms with E-state index in [1.165, 1.54) is 25.7 Å². The van der Waals surface area contributed by atoms with Crippen LogP contribution in [0.15, 0.2) is 0 Å². The molecule has 168 valence electrons. The molecule has 2 atom stereocenters. The Labute approximate surface area is 181 Å². The van der Waals surface area contributed by atoms with Crippen LogP contribution >= 0.6 is 0 Å². The van der Waals surface area contributed by atoms with E-state index in [-0.39, 0.29) is 21.1 Å². The molecule has 0 aromatic rings. The molecule has 0 aliphatic rings. The maximum absolute atomic E-state index is 9.90. The molecule has 0 aliphatic carbocycles. The number of aliphatic hydroxyl groups is 2. The molecule has 4 radical (unpaired) electrons. The van der Waals surface area contributed by atoms with Crippen LogP contribution in [0, 0.1) is 0 Å². The summed E-state index contributed by atoms with van der Waals surface area (Å²) < 4.78 is 3.33. The Morgan fingerprint density at radius 3 is 1.14 bits per heavy atom. The van der Waals surface area contributed by atoms with Gasteiger partial charge in [0.05, 0.1) is 11.9 Å². The summed E-state index contributed by atoms with van der Waals surface area (Å²) in [6.45, 7) is 6.26. The number of carboxylic acid groups (broad SMARTS) is 4. The molecule has 0 bridgehead atoms. The summed E-state index contributed by atoms with van der Waals surface area (Å²) in [6.07, 6.45) is 3.97. The van der Waals surface area contributed by atoms with Gasteiger partial charge in [-0.25, -0.2) is 0 Å². The van der Waals surface area contributed by atoms with E-state index in [2.05, 4.69) is 13.8 Å². The van der Waals surface area contributed by atoms with Crippen molar-refractivity contribution >= 4 is 45.0 Å². The fourth-order valence-corrected chi connectivity index (χ4v) is 7.62. The van der Waals surface area contributed by atoms with E-state index in [0.29, 0.717) is 0 Å². The van der Waals surface area contributed by atoms with Gasteiger partial charge in [0.15, 0.2) is 0 Å². The molecule has 11 heteroatoms. The van der Waals surface area contributed by atoms with Crippen LogP contribution in [0.1, 0.15) is 66.2 Å². The zero-order chi connectivity index (χ0) is 23.7. The Bertz CT molecular complexity index is 459. The normalized spacial score (nSPS) is 14.0. The van der Waals surface area contributed by atoms with E-state index < -0.39 is 47.9 Å². The Morgan fingerprint density at radius 2 is 1.00 bits per heavy atom. The van der Waals surface area contributed by atoms with E-state index in [9.17, 15) is 39.6 Å². The molecule has 0 aromatic heterocycles. The molecule has 0 amide bonds. The molecule has 0 aromatic carbocycles. The van der Waals surface area contributed by atoms with Gasteiger partial charge in [0.2, 0.25) is 0 Å². The quantitative estimate of drug-likeness (QED) is 0.185. The standard InChI is InChI=1S/2C5H8O5.2C4H9.Sn.2H/c2*1-5(10,4(8)9)2-3(6)7;2*1-3-4-2;;;/h2*10H,2H2,1H3,(H,6,7)(H,8,9);2*1,3-4H2,2H3;;;/q;;;;+4;;/p-4. The fraction of sp³-hybridized carbons (Fsp3) is 0.778. The predicted octanol–water partition coefficient (Wildman–Crippen LogP) is -4.15. The molecule has 0 saturated heterocycles. The van der Waals surface area contributed by atoms with Crippen LogP contribution < -0.4 is 20.4 Å². The number of carbonyl (C=O) groups excluding carboxylic acids is 4. The van der Waals surface area contributed by atoms with Gasteiger partial charge in [0, 0.05) is 24.8 Å². The number of unbranched alkanes of at least 4 members (excludes halogenated alkanes) is 2. The second-order valence-corrected chi connectivity index (χ2v) is 13.0. The molecule has 0 aliphatic heterocycles. The number of carboxylic acids is 4. The zero-order valence-corrected chi connectivity index (χ0v) is 21.6. The van der Waals surface area contributed by atoms with Gasteiger partial charge in [-0.2, -0.15) is 0 Å². The minimum absolute atomic E-state index is 0.159. The van der Waals surface area contributed by atoms with Crippen molar-refractivity contribution in [3.05, 3.63) is 0 Å². The van der Waals surface area contributed by atoms with Crippen molar-refractivity contribution in [2.45, 2.75) is 86.3 Å². The van der Waals surface area contributed by atoms with Gasteiger partial charge in [0.1, 0.15) is 11.2 Å². The number of hydrogen-bond donors (Lipinski definition) is 2. The molecule has 0 saturated carbocycles. The minimum atomic E-state index is -2.33. The summed E-state index contributed by atoms with van der Waals surface area (Å²) >= 11 is -0.159. The van der Waals surface area contributed by atoms with Crippen molar-refractivity contribution in [2.75, 3.05) is 0 Å². The third-order valence-corrected chi connectivity index (χ3v) is 9.27. The summed E-state index contributed by atoms with van der Waals surface area (Å²) in [5, 5.41) is 56.7. The number of hydrogen-bond acceptors (Lipinski definition) is 10. The molecule has 0 rings (SSSR count). The summed E-state index contributed by atoms with van der Waals surface area (Å²) in [4.78, 5) is 39.3. The predicted molar refractivity (Wildman–Crippen MR) is 98.5 cm³/mol. The first kappa shape index (κ1) is 32.3. The average Bonchev–Trinajstić information content (AvgIpc) is 2.53. The maximum atomic E-state index is 9.90. The van der Waals surface area contributed by atoms with Crippen LogP contribution in [0.2, 0.25) is 8.87 Å². The zero-order valence-electron chi connectivity index (χ0n) is 17.5. The van der Waals surface area contributed by atoms with Crippen molar-refractivity contribution in [1.29, 1.82) is 0 Å². The van der Waals surface area contributed by atoms with Gasteiger partial charge in [-0.05, 0) is 13.8 Å². The molecule has 10 nitrogen and oxygen atoms in total.